The molecule has 0 unspecified atom stereocenters. The Balaban J connectivity index is 1.65. The number of carbonyl (C=O) groups is 1. The zero-order valence-electron chi connectivity index (χ0n) is 18.0. The number of hydrogen-bond donors (Lipinski definition) is 1. The summed E-state index contributed by atoms with van der Waals surface area (Å²) in [5.41, 5.74) is 7.21. The first-order chi connectivity index (χ1) is 15.5. The summed E-state index contributed by atoms with van der Waals surface area (Å²) in [4.78, 5) is 15.7. The molecule has 3 aromatic carbocycles. The van der Waals surface area contributed by atoms with E-state index in [1.807, 2.05) is 66.4 Å². The molecule has 0 saturated carbocycles. The predicted octanol–water partition coefficient (Wildman–Crippen LogP) is 6.88. The highest BCUT2D eigenvalue weighted by atomic mass is 35.5. The molecule has 1 aliphatic heterocycles. The molecule has 0 aliphatic carbocycles. The van der Waals surface area contributed by atoms with Crippen LogP contribution in [0.3, 0.4) is 0 Å². The maximum atomic E-state index is 13.8. The van der Waals surface area contributed by atoms with E-state index in [0.29, 0.717) is 11.6 Å². The molecule has 0 bridgehead atoms. The lowest BCUT2D eigenvalue weighted by Crippen LogP contribution is -2.38. The summed E-state index contributed by atoms with van der Waals surface area (Å²) in [5.74, 6) is 0. The third kappa shape index (κ3) is 3.57. The Kier molecular flexibility index (Phi) is 5.24. The summed E-state index contributed by atoms with van der Waals surface area (Å²) in [5, 5.41) is 3.81. The first-order valence-corrected chi connectivity index (χ1v) is 11.1. The fraction of sp³-hybridized carbons (Fsp3) is 0.148. The molecule has 4 nitrogen and oxygen atoms in total. The van der Waals surface area contributed by atoms with Gasteiger partial charge in [-0.1, -0.05) is 54.1 Å². The summed E-state index contributed by atoms with van der Waals surface area (Å²) in [7, 11) is 0. The van der Waals surface area contributed by atoms with E-state index in [4.69, 9.17) is 11.6 Å². The van der Waals surface area contributed by atoms with Gasteiger partial charge in [0.15, 0.2) is 0 Å². The van der Waals surface area contributed by atoms with Crippen LogP contribution in [0.1, 0.15) is 34.0 Å². The van der Waals surface area contributed by atoms with E-state index >= 15 is 0 Å². The number of para-hydroxylation sites is 1. The minimum Gasteiger partial charge on any atom is -0.318 e. The van der Waals surface area contributed by atoms with Crippen molar-refractivity contribution in [1.82, 2.24) is 9.47 Å². The molecular formula is C27H24ClN3O. The van der Waals surface area contributed by atoms with Crippen molar-refractivity contribution in [2.24, 2.45) is 0 Å². The van der Waals surface area contributed by atoms with Crippen LogP contribution in [0.2, 0.25) is 5.02 Å². The number of aryl methyl sites for hydroxylation is 1. The topological polar surface area (TPSA) is 37.3 Å². The van der Waals surface area contributed by atoms with Crippen LogP contribution in [0.5, 0.6) is 0 Å². The number of rotatable bonds is 2. The van der Waals surface area contributed by atoms with Crippen LogP contribution < -0.4 is 5.32 Å². The molecular weight excluding hydrogens is 418 g/mol. The Morgan fingerprint density at radius 3 is 2.62 bits per heavy atom. The number of nitrogens with one attached hydrogen (secondary N) is 1. The van der Waals surface area contributed by atoms with E-state index in [9.17, 15) is 4.79 Å². The quantitative estimate of drug-likeness (QED) is 0.361. The average Bonchev–Trinajstić information content (AvgIpc) is 3.21. The highest BCUT2D eigenvalue weighted by Crippen LogP contribution is 2.37. The lowest BCUT2D eigenvalue weighted by Gasteiger charge is -2.31. The summed E-state index contributed by atoms with van der Waals surface area (Å²) < 4.78 is 2.17. The van der Waals surface area contributed by atoms with Crippen molar-refractivity contribution in [3.05, 3.63) is 118 Å². The van der Waals surface area contributed by atoms with Crippen LogP contribution in [-0.4, -0.2) is 15.5 Å². The van der Waals surface area contributed by atoms with E-state index in [-0.39, 0.29) is 12.1 Å². The number of hydrogen-bond acceptors (Lipinski definition) is 1. The van der Waals surface area contributed by atoms with Gasteiger partial charge in [0.05, 0.1) is 18.3 Å². The molecule has 1 aliphatic rings. The number of carbonyl (C=O) groups excluding carboxylic acids is 1. The lowest BCUT2D eigenvalue weighted by atomic mass is 10.0. The standard InChI is InChI=1S/C27H24ClN3O/c1-18-8-5-12-23(19(18)2)29-27(32)31-17-21-9-3-4-13-24(21)30-15-7-14-25(30)26(31)20-10-6-11-22(28)16-20/h3-16,26H,17H2,1-2H3,(H,29,32)/t26-/m1/s1. The van der Waals surface area contributed by atoms with Gasteiger partial charge in [0.2, 0.25) is 0 Å². The van der Waals surface area contributed by atoms with Crippen LogP contribution in [0.15, 0.2) is 85.1 Å². The largest absolute Gasteiger partial charge is 0.322 e. The van der Waals surface area contributed by atoms with Gasteiger partial charge in [-0.05, 0) is 72.5 Å². The number of fused-ring (bicyclic) bond motifs is 3. The van der Waals surface area contributed by atoms with Gasteiger partial charge < -0.3 is 14.8 Å². The van der Waals surface area contributed by atoms with E-state index < -0.39 is 0 Å². The van der Waals surface area contributed by atoms with Crippen LogP contribution in [0.4, 0.5) is 10.5 Å². The molecule has 1 N–H and O–H groups in total. The van der Waals surface area contributed by atoms with Crippen LogP contribution in [0.25, 0.3) is 5.69 Å². The lowest BCUT2D eigenvalue weighted by molar-refractivity contribution is 0.194. The fourth-order valence-electron chi connectivity index (χ4n) is 4.44. The van der Waals surface area contributed by atoms with E-state index in [1.54, 1.807) is 0 Å². The molecule has 0 spiro atoms. The number of urea groups is 1. The Morgan fingerprint density at radius 1 is 0.969 bits per heavy atom. The number of aromatic nitrogens is 1. The smallest absolute Gasteiger partial charge is 0.318 e. The zero-order chi connectivity index (χ0) is 22.2. The van der Waals surface area contributed by atoms with Crippen molar-refractivity contribution in [1.29, 1.82) is 0 Å². The van der Waals surface area contributed by atoms with Gasteiger partial charge in [-0.15, -0.1) is 0 Å². The summed E-state index contributed by atoms with van der Waals surface area (Å²) in [6, 6.07) is 25.6. The molecule has 0 fully saturated rings. The number of amides is 2. The van der Waals surface area contributed by atoms with Crippen molar-refractivity contribution in [2.45, 2.75) is 26.4 Å². The van der Waals surface area contributed by atoms with Crippen molar-refractivity contribution >= 4 is 23.3 Å². The molecule has 2 heterocycles. The van der Waals surface area contributed by atoms with Gasteiger partial charge in [0, 0.05) is 22.6 Å². The number of halogens is 1. The maximum Gasteiger partial charge on any atom is 0.322 e. The van der Waals surface area contributed by atoms with Gasteiger partial charge in [-0.2, -0.15) is 0 Å². The van der Waals surface area contributed by atoms with Gasteiger partial charge in [0.1, 0.15) is 0 Å². The normalized spacial score (nSPS) is 15.0. The Morgan fingerprint density at radius 2 is 1.78 bits per heavy atom. The fourth-order valence-corrected chi connectivity index (χ4v) is 4.64. The Bertz CT molecular complexity index is 1310. The second-order valence-corrected chi connectivity index (χ2v) is 8.63. The molecule has 32 heavy (non-hydrogen) atoms. The third-order valence-corrected chi connectivity index (χ3v) is 6.47. The predicted molar refractivity (Wildman–Crippen MR) is 130 cm³/mol. The van der Waals surface area contributed by atoms with Gasteiger partial charge in [-0.3, -0.25) is 0 Å². The highest BCUT2D eigenvalue weighted by molar-refractivity contribution is 6.30. The van der Waals surface area contributed by atoms with Gasteiger partial charge in [0.25, 0.3) is 0 Å². The number of anilines is 1. The minimum absolute atomic E-state index is 0.145. The highest BCUT2D eigenvalue weighted by Gasteiger charge is 2.33. The monoisotopic (exact) mass is 441 g/mol. The third-order valence-electron chi connectivity index (χ3n) is 6.24. The van der Waals surface area contributed by atoms with Gasteiger partial charge in [-0.25, -0.2) is 4.79 Å². The summed E-state index contributed by atoms with van der Waals surface area (Å²) in [6.45, 7) is 4.56. The molecule has 1 atom stereocenters. The van der Waals surface area contributed by atoms with Crippen LogP contribution in [-0.2, 0) is 6.54 Å². The summed E-state index contributed by atoms with van der Waals surface area (Å²) in [6.07, 6.45) is 2.05. The first kappa shape index (κ1) is 20.4. The minimum atomic E-state index is -0.291. The van der Waals surface area contributed by atoms with Crippen molar-refractivity contribution in [3.8, 4) is 5.69 Å². The van der Waals surface area contributed by atoms with E-state index in [2.05, 4.69) is 47.3 Å². The molecule has 4 aromatic rings. The zero-order valence-corrected chi connectivity index (χ0v) is 18.8. The SMILES string of the molecule is Cc1cccc(NC(=O)N2Cc3ccccc3-n3cccc3[C@H]2c2cccc(Cl)c2)c1C. The van der Waals surface area contributed by atoms with Crippen molar-refractivity contribution < 1.29 is 4.79 Å². The van der Waals surface area contributed by atoms with Crippen molar-refractivity contribution in [2.75, 3.05) is 5.32 Å². The van der Waals surface area contributed by atoms with Crippen LogP contribution >= 0.6 is 11.6 Å². The molecule has 5 heteroatoms. The first-order valence-electron chi connectivity index (χ1n) is 10.7. The number of benzene rings is 3. The Hall–Kier alpha value is -3.50. The number of nitrogens with zero attached hydrogens (tertiary/aromatic N) is 2. The van der Waals surface area contributed by atoms with E-state index in [1.165, 1.54) is 0 Å². The molecule has 1 aromatic heterocycles. The molecule has 0 radical (unpaired) electrons. The molecule has 0 saturated heterocycles. The van der Waals surface area contributed by atoms with E-state index in [0.717, 1.165) is 39.3 Å². The van der Waals surface area contributed by atoms with Gasteiger partial charge >= 0.3 is 6.03 Å². The maximum absolute atomic E-state index is 13.8. The second kappa shape index (κ2) is 8.21. The molecule has 160 valence electrons. The Labute approximate surface area is 193 Å². The van der Waals surface area contributed by atoms with Crippen molar-refractivity contribution in [3.63, 3.8) is 0 Å². The molecule has 2 amide bonds. The van der Waals surface area contributed by atoms with Crippen LogP contribution in [0, 0.1) is 13.8 Å². The average molecular weight is 442 g/mol. The molecule has 5 rings (SSSR count). The summed E-state index contributed by atoms with van der Waals surface area (Å²) >= 11 is 6.36. The second-order valence-electron chi connectivity index (χ2n) is 8.19.